The van der Waals surface area contributed by atoms with E-state index in [2.05, 4.69) is 12.2 Å². The van der Waals surface area contributed by atoms with Gasteiger partial charge >= 0.3 is 11.9 Å². The highest BCUT2D eigenvalue weighted by molar-refractivity contribution is 5.98. The second-order valence-corrected chi connectivity index (χ2v) is 8.78. The Hall–Kier alpha value is -2.02. The Kier molecular flexibility index (Phi) is 9.88. The molecule has 1 aromatic rings. The van der Waals surface area contributed by atoms with Crippen LogP contribution in [-0.4, -0.2) is 28.2 Å². The average Bonchev–Trinajstić information content (AvgIpc) is 3.15. The van der Waals surface area contributed by atoms with Gasteiger partial charge in [0.15, 0.2) is 5.41 Å². The highest BCUT2D eigenvalue weighted by Gasteiger charge is 2.52. The van der Waals surface area contributed by atoms with E-state index in [9.17, 15) is 28.6 Å². The van der Waals surface area contributed by atoms with Crippen molar-refractivity contribution >= 4 is 11.9 Å². The average molecular weight is 440 g/mol. The molecule has 7 heteroatoms. The van der Waals surface area contributed by atoms with Crippen LogP contribution >= 0.6 is 0 Å². The molecule has 5 nitrogen and oxygen atoms in total. The fraction of sp³-hybridized carbons (Fsp3) is 0.667. The van der Waals surface area contributed by atoms with Crippen LogP contribution in [0.4, 0.5) is 8.78 Å². The third-order valence-electron chi connectivity index (χ3n) is 6.42. The lowest BCUT2D eigenvalue weighted by atomic mass is 9.86. The summed E-state index contributed by atoms with van der Waals surface area (Å²) >= 11 is 0. The maximum atomic E-state index is 14.5. The molecule has 0 aromatic heterocycles. The van der Waals surface area contributed by atoms with Crippen LogP contribution in [0.1, 0.15) is 88.7 Å². The molecule has 0 bridgehead atoms. The number of halogens is 2. The van der Waals surface area contributed by atoms with Gasteiger partial charge in [-0.05, 0) is 49.8 Å². The molecule has 1 saturated carbocycles. The summed E-state index contributed by atoms with van der Waals surface area (Å²) in [7, 11) is 0. The first kappa shape index (κ1) is 25.2. The molecule has 1 aromatic carbocycles. The van der Waals surface area contributed by atoms with Crippen molar-refractivity contribution in [1.82, 2.24) is 5.32 Å². The molecule has 174 valence electrons. The summed E-state index contributed by atoms with van der Waals surface area (Å²) in [6.45, 7) is 2.09. The predicted octanol–water partition coefficient (Wildman–Crippen LogP) is 5.45. The van der Waals surface area contributed by atoms with Gasteiger partial charge in [0, 0.05) is 18.2 Å². The van der Waals surface area contributed by atoms with Crippen molar-refractivity contribution in [3.63, 3.8) is 0 Å². The van der Waals surface area contributed by atoms with Crippen molar-refractivity contribution in [2.45, 2.75) is 96.6 Å². The van der Waals surface area contributed by atoms with E-state index in [1.807, 2.05) is 0 Å². The lowest BCUT2D eigenvalue weighted by molar-refractivity contribution is -0.164. The zero-order chi connectivity index (χ0) is 22.9. The highest BCUT2D eigenvalue weighted by atomic mass is 19.1. The highest BCUT2D eigenvalue weighted by Crippen LogP contribution is 2.39. The zero-order valence-electron chi connectivity index (χ0n) is 18.4. The second kappa shape index (κ2) is 12.1. The minimum absolute atomic E-state index is 0.00214. The SMILES string of the molecule is CCCCCCCCCCc1cc(F)c(CNC2CCC(C(=O)O)(C(=O)O)C2)c(F)c1. The molecule has 1 atom stereocenters. The van der Waals surface area contributed by atoms with Gasteiger partial charge in [-0.2, -0.15) is 0 Å². The first-order valence-electron chi connectivity index (χ1n) is 11.5. The van der Waals surface area contributed by atoms with Crippen LogP contribution in [0, 0.1) is 17.0 Å². The van der Waals surface area contributed by atoms with Crippen molar-refractivity contribution in [2.75, 3.05) is 0 Å². The molecule has 1 fully saturated rings. The molecule has 0 amide bonds. The molecule has 31 heavy (non-hydrogen) atoms. The van der Waals surface area contributed by atoms with Crippen LogP contribution in [0.2, 0.25) is 0 Å². The van der Waals surface area contributed by atoms with E-state index in [4.69, 9.17) is 0 Å². The van der Waals surface area contributed by atoms with E-state index in [-0.39, 0.29) is 24.9 Å². The van der Waals surface area contributed by atoms with E-state index in [1.165, 1.54) is 44.2 Å². The van der Waals surface area contributed by atoms with E-state index in [0.717, 1.165) is 19.3 Å². The number of aryl methyl sites for hydroxylation is 1. The number of benzene rings is 1. The van der Waals surface area contributed by atoms with Crippen LogP contribution < -0.4 is 5.32 Å². The van der Waals surface area contributed by atoms with E-state index in [1.54, 1.807) is 0 Å². The normalized spacial score (nSPS) is 17.7. The summed E-state index contributed by atoms with van der Waals surface area (Å²) in [5.74, 6) is -3.98. The van der Waals surface area contributed by atoms with Crippen molar-refractivity contribution < 1.29 is 28.6 Å². The van der Waals surface area contributed by atoms with Crippen LogP contribution in [-0.2, 0) is 22.6 Å². The van der Waals surface area contributed by atoms with Crippen LogP contribution in [0.5, 0.6) is 0 Å². The van der Waals surface area contributed by atoms with Gasteiger partial charge in [0.2, 0.25) is 0 Å². The fourth-order valence-electron chi connectivity index (χ4n) is 4.38. The van der Waals surface area contributed by atoms with E-state index < -0.39 is 35.0 Å². The number of carboxylic acid groups (broad SMARTS) is 2. The summed E-state index contributed by atoms with van der Waals surface area (Å²) in [4.78, 5) is 22.8. The molecular weight excluding hydrogens is 404 g/mol. The Morgan fingerprint density at radius 1 is 1.00 bits per heavy atom. The van der Waals surface area contributed by atoms with Gasteiger partial charge in [-0.3, -0.25) is 9.59 Å². The second-order valence-electron chi connectivity index (χ2n) is 8.78. The summed E-state index contributed by atoms with van der Waals surface area (Å²) in [5.41, 5.74) is -1.28. The van der Waals surface area contributed by atoms with Crippen molar-refractivity contribution in [3.05, 3.63) is 34.9 Å². The van der Waals surface area contributed by atoms with E-state index >= 15 is 0 Å². The molecule has 0 radical (unpaired) electrons. The number of rotatable bonds is 14. The number of unbranched alkanes of at least 4 members (excludes halogenated alkanes) is 7. The first-order chi connectivity index (χ1) is 14.8. The first-order valence-corrected chi connectivity index (χ1v) is 11.5. The van der Waals surface area contributed by atoms with Gasteiger partial charge in [-0.1, -0.05) is 51.9 Å². The summed E-state index contributed by atoms with van der Waals surface area (Å²) in [6.07, 6.45) is 10.2. The third-order valence-corrected chi connectivity index (χ3v) is 6.42. The number of carbonyl (C=O) groups is 2. The molecule has 1 unspecified atom stereocenters. The Morgan fingerprint density at radius 3 is 2.06 bits per heavy atom. The quantitative estimate of drug-likeness (QED) is 0.265. The van der Waals surface area contributed by atoms with Crippen LogP contribution in [0.3, 0.4) is 0 Å². The van der Waals surface area contributed by atoms with Crippen LogP contribution in [0.15, 0.2) is 12.1 Å². The number of hydrogen-bond donors (Lipinski definition) is 3. The molecular formula is C24H35F2NO4. The maximum Gasteiger partial charge on any atom is 0.321 e. The maximum absolute atomic E-state index is 14.5. The summed E-state index contributed by atoms with van der Waals surface area (Å²) in [6, 6.07) is 2.33. The zero-order valence-corrected chi connectivity index (χ0v) is 18.4. The van der Waals surface area contributed by atoms with Crippen molar-refractivity contribution in [1.29, 1.82) is 0 Å². The molecule has 2 rings (SSSR count). The molecule has 0 spiro atoms. The number of carboxylic acids is 2. The third kappa shape index (κ3) is 6.99. The molecule has 0 saturated heterocycles. The fourth-order valence-corrected chi connectivity index (χ4v) is 4.38. The number of nitrogens with one attached hydrogen (secondary N) is 1. The Morgan fingerprint density at radius 2 is 1.55 bits per heavy atom. The lowest BCUT2D eigenvalue weighted by Crippen LogP contribution is -2.39. The van der Waals surface area contributed by atoms with Gasteiger partial charge in [0.05, 0.1) is 0 Å². The Bertz CT molecular complexity index is 716. The minimum atomic E-state index is -1.82. The molecule has 1 aliphatic carbocycles. The largest absolute Gasteiger partial charge is 0.480 e. The van der Waals surface area contributed by atoms with Crippen molar-refractivity contribution in [2.24, 2.45) is 5.41 Å². The molecule has 3 N–H and O–H groups in total. The molecule has 0 heterocycles. The molecule has 1 aliphatic rings. The van der Waals surface area contributed by atoms with E-state index in [0.29, 0.717) is 18.4 Å². The lowest BCUT2D eigenvalue weighted by Gasteiger charge is -2.19. The Labute approximate surface area is 183 Å². The number of hydrogen-bond acceptors (Lipinski definition) is 3. The smallest absolute Gasteiger partial charge is 0.321 e. The molecule has 0 aliphatic heterocycles. The monoisotopic (exact) mass is 439 g/mol. The van der Waals surface area contributed by atoms with Gasteiger partial charge < -0.3 is 15.5 Å². The van der Waals surface area contributed by atoms with Crippen molar-refractivity contribution in [3.8, 4) is 0 Å². The summed E-state index contributed by atoms with van der Waals surface area (Å²) < 4.78 is 28.9. The number of aliphatic carboxylic acids is 2. The Balaban J connectivity index is 1.81. The minimum Gasteiger partial charge on any atom is -0.480 e. The van der Waals surface area contributed by atoms with Gasteiger partial charge in [0.1, 0.15) is 11.6 Å². The van der Waals surface area contributed by atoms with Gasteiger partial charge in [-0.25, -0.2) is 8.78 Å². The predicted molar refractivity (Wildman–Crippen MR) is 115 cm³/mol. The summed E-state index contributed by atoms with van der Waals surface area (Å²) in [5, 5.41) is 21.5. The van der Waals surface area contributed by atoms with Crippen LogP contribution in [0.25, 0.3) is 0 Å². The van der Waals surface area contributed by atoms with Gasteiger partial charge in [0.25, 0.3) is 0 Å². The topological polar surface area (TPSA) is 86.6 Å². The van der Waals surface area contributed by atoms with Gasteiger partial charge in [-0.15, -0.1) is 0 Å². The standard InChI is InChI=1S/C24H35F2NO4/c1-2-3-4-5-6-7-8-9-10-17-13-20(25)19(21(26)14-17)16-27-18-11-12-24(15-18,22(28)29)23(30)31/h13-14,18,27H,2-12,15-16H2,1H3,(H,28,29)(H,30,31).